The molecule has 0 saturated carbocycles. The van der Waals surface area contributed by atoms with Crippen LogP contribution in [0.4, 0.5) is 0 Å². The summed E-state index contributed by atoms with van der Waals surface area (Å²) in [4.78, 5) is 47.5. The van der Waals surface area contributed by atoms with Gasteiger partial charge in [0.25, 0.3) is 0 Å². The quantitative estimate of drug-likeness (QED) is 0.152. The van der Waals surface area contributed by atoms with Crippen molar-refractivity contribution in [1.82, 2.24) is 59.8 Å². The molecule has 0 aliphatic heterocycles. The molecule has 12 rings (SSSR count). The van der Waals surface area contributed by atoms with E-state index in [2.05, 4.69) is 59.8 Å². The van der Waals surface area contributed by atoms with E-state index >= 15 is 0 Å². The minimum Gasteiger partial charge on any atom is -0.457 e. The van der Waals surface area contributed by atoms with Crippen molar-refractivity contribution in [2.24, 2.45) is 0 Å². The summed E-state index contributed by atoms with van der Waals surface area (Å²) in [5.74, 6) is 0. The Morgan fingerprint density at radius 1 is 0.149 bits per heavy atom. The van der Waals surface area contributed by atoms with Gasteiger partial charge in [-0.05, 0) is 212 Å². The molecule has 0 unspecified atom stereocenters. The van der Waals surface area contributed by atoms with Crippen LogP contribution in [0.15, 0.2) is 294 Å². The van der Waals surface area contributed by atoms with Gasteiger partial charge in [-0.3, -0.25) is 59.8 Å². The molecule has 0 fully saturated rings. The first-order chi connectivity index (χ1) is 39.8. The fraction of sp³-hybridized carbons (Fsp3) is 0. The number of halogens is 2. The Labute approximate surface area is 515 Å². The average molecular weight is 1270 g/mol. The largest absolute Gasteiger partial charge is 2.00 e. The van der Waals surface area contributed by atoms with Crippen molar-refractivity contribution in [3.8, 4) is 66.8 Å². The molecule has 0 aliphatic carbocycles. The fourth-order valence-electron chi connectivity index (χ4n) is 6.53. The second kappa shape index (κ2) is 44.9. The van der Waals surface area contributed by atoms with E-state index in [9.17, 15) is 0 Å². The van der Waals surface area contributed by atoms with E-state index in [1.54, 1.807) is 149 Å². The van der Waals surface area contributed by atoms with Gasteiger partial charge in [0.1, 0.15) is 0 Å². The molecule has 449 valence electrons. The van der Waals surface area contributed by atoms with Crippen molar-refractivity contribution in [2.45, 2.75) is 0 Å². The molecule has 27 heteroatoms. The Balaban J connectivity index is 0.000000978. The van der Waals surface area contributed by atoms with Crippen LogP contribution in [-0.2, 0) is 39.0 Å². The molecule has 0 aliphatic rings. The molecular formula is C60H60Cl2MnN12O12+4. The van der Waals surface area contributed by atoms with E-state index in [0.717, 1.165) is 0 Å². The minimum absolute atomic E-state index is 0. The molecule has 0 aromatic carbocycles. The molecule has 0 saturated heterocycles. The first-order valence-electron chi connectivity index (χ1n) is 23.9. The molecule has 0 amide bonds. The van der Waals surface area contributed by atoms with Crippen molar-refractivity contribution >= 4 is 0 Å². The predicted molar refractivity (Wildman–Crippen MR) is 304 cm³/mol. The first-order valence-corrected chi connectivity index (χ1v) is 26.3. The van der Waals surface area contributed by atoms with Crippen molar-refractivity contribution in [3.63, 3.8) is 0 Å². The smallest absolute Gasteiger partial charge is 0.457 e. The van der Waals surface area contributed by atoms with Crippen LogP contribution >= 0.6 is 0 Å². The summed E-state index contributed by atoms with van der Waals surface area (Å²) in [5.41, 5.74) is 14.1. The molecule has 12 aromatic rings. The Morgan fingerprint density at radius 2 is 0.195 bits per heavy atom. The van der Waals surface area contributed by atoms with Crippen LogP contribution in [0.2, 0.25) is 0 Å². The zero-order valence-corrected chi connectivity index (χ0v) is 48.5. The number of aromatic nitrogens is 12. The van der Waals surface area contributed by atoms with Gasteiger partial charge < -0.3 is 21.9 Å². The number of hydrogen-bond acceptors (Lipinski definition) is 20. The molecule has 0 spiro atoms. The monoisotopic (exact) mass is 1270 g/mol. The third-order valence-corrected chi connectivity index (χ3v) is 10.2. The number of rotatable bonds is 6. The Kier molecular flexibility index (Phi) is 39.9. The summed E-state index contributed by atoms with van der Waals surface area (Å²) in [5, 5.41) is 0. The molecular weight excluding hydrogens is 1210 g/mol. The Morgan fingerprint density at radius 3 is 0.241 bits per heavy atom. The van der Waals surface area contributed by atoms with E-state index in [4.69, 9.17) is 37.3 Å². The van der Waals surface area contributed by atoms with Crippen molar-refractivity contribution < 1.29 is 96.7 Å². The number of pyridine rings is 12. The molecule has 12 aromatic heterocycles. The van der Waals surface area contributed by atoms with E-state index in [1.807, 2.05) is 146 Å². The second-order valence-corrected chi connectivity index (χ2v) is 17.1. The number of nitrogens with zero attached hydrogens (tertiary/aromatic N) is 12. The summed E-state index contributed by atoms with van der Waals surface area (Å²) < 4.78 is 67.9. The molecule has 0 bridgehead atoms. The van der Waals surface area contributed by atoms with Crippen LogP contribution < -0.4 is 37.3 Å². The molecule has 87 heavy (non-hydrogen) atoms. The maximum absolute atomic E-state index is 8.49. The van der Waals surface area contributed by atoms with Crippen LogP contribution in [-0.4, -0.2) is 59.8 Å². The summed E-state index contributed by atoms with van der Waals surface area (Å²) in [6.45, 7) is 0. The van der Waals surface area contributed by atoms with Gasteiger partial charge in [-0.2, -0.15) is 0 Å². The summed E-state index contributed by atoms with van der Waals surface area (Å²) >= 11 is 0. The zero-order chi connectivity index (χ0) is 58.4. The van der Waals surface area contributed by atoms with Gasteiger partial charge in [-0.1, -0.05) is 0 Å². The van der Waals surface area contributed by atoms with Gasteiger partial charge in [-0.15, -0.1) is 20.5 Å². The normalized spacial score (nSPS) is 9.38. The van der Waals surface area contributed by atoms with Crippen LogP contribution in [0.25, 0.3) is 66.8 Å². The van der Waals surface area contributed by atoms with Gasteiger partial charge in [0, 0.05) is 149 Å². The van der Waals surface area contributed by atoms with E-state index in [0.29, 0.717) is 0 Å². The van der Waals surface area contributed by atoms with Crippen LogP contribution in [0.1, 0.15) is 0 Å². The van der Waals surface area contributed by atoms with Gasteiger partial charge in [0.05, 0.1) is 0 Å². The third kappa shape index (κ3) is 34.7. The Hall–Kier alpha value is -9.58. The van der Waals surface area contributed by atoms with Gasteiger partial charge in [-0.25, -0.2) is 37.3 Å². The van der Waals surface area contributed by atoms with Gasteiger partial charge in [0.2, 0.25) is 0 Å². The predicted octanol–water partition coefficient (Wildman–Crippen LogP) is -0.340. The van der Waals surface area contributed by atoms with Crippen molar-refractivity contribution in [3.05, 3.63) is 294 Å². The summed E-state index contributed by atoms with van der Waals surface area (Å²) in [6.07, 6.45) is 42.9. The summed E-state index contributed by atoms with van der Waals surface area (Å²) in [6, 6.07) is 47.6. The van der Waals surface area contributed by atoms with Crippen LogP contribution in [0.5, 0.6) is 0 Å². The maximum atomic E-state index is 8.49. The van der Waals surface area contributed by atoms with Crippen LogP contribution in [0.3, 0.4) is 0 Å². The molecule has 12 heterocycles. The van der Waals surface area contributed by atoms with E-state index in [1.165, 1.54) is 66.8 Å². The van der Waals surface area contributed by atoms with E-state index < -0.39 is 20.5 Å². The Bertz CT molecular complexity index is 2660. The van der Waals surface area contributed by atoms with Crippen molar-refractivity contribution in [1.29, 1.82) is 0 Å². The minimum atomic E-state index is -4.94. The molecule has 0 atom stereocenters. The first kappa shape index (κ1) is 77.4. The topological polar surface area (TPSA) is 471 Å². The van der Waals surface area contributed by atoms with Crippen molar-refractivity contribution in [2.75, 3.05) is 0 Å². The maximum Gasteiger partial charge on any atom is 2.00 e. The molecule has 1 radical (unpaired) electrons. The molecule has 24 nitrogen and oxygen atoms in total. The third-order valence-electron chi connectivity index (χ3n) is 10.2. The summed E-state index contributed by atoms with van der Waals surface area (Å²) in [7, 11) is -9.89. The average Bonchev–Trinajstić information content (AvgIpc) is 3.70. The zero-order valence-electron chi connectivity index (χ0n) is 45.8. The fourth-order valence-corrected chi connectivity index (χ4v) is 6.53. The molecule has 12 N–H and O–H groups in total. The number of hydrogen-bond donors (Lipinski definition) is 0. The van der Waals surface area contributed by atoms with Crippen LogP contribution in [0, 0.1) is 20.5 Å². The standard InChI is InChI=1S/6C10H8N2.2ClHO4.Mn.4H2O/c6*1-5-11-6-2-9(1)10-3-7-12-8-4-10;2*2-1(3,4)5;;;;;/h6*1-8H;2*(H,2,3,4,5);;4*1H2/q;;;;;;;;+2;;;;/p+2. The second-order valence-electron chi connectivity index (χ2n) is 15.6. The van der Waals surface area contributed by atoms with Gasteiger partial charge >= 0.3 is 17.1 Å². The van der Waals surface area contributed by atoms with E-state index in [-0.39, 0.29) is 39.0 Å². The van der Waals surface area contributed by atoms with Gasteiger partial charge in [0.15, 0.2) is 0 Å². The SMILES string of the molecule is [Mn+2].[O-][Cl+3]([O-])([O-])[O-].[O-][Cl+3]([O-])([O-])[O-].[OH3+].[OH3+].[OH3+].[OH3+].c1cc(-c2ccncc2)ccn1.c1cc(-c2ccncc2)ccn1.c1cc(-c2ccncc2)ccn1.c1cc(-c2ccncc2)ccn1.c1cc(-c2ccncc2)ccn1.c1cc(-c2ccncc2)ccn1.